The van der Waals surface area contributed by atoms with E-state index in [0.29, 0.717) is 0 Å². The largest absolute Gasteiger partial charge is 0.347 e. The Kier molecular flexibility index (Phi) is 5.70. The molecule has 0 amide bonds. The van der Waals surface area contributed by atoms with E-state index in [0.717, 1.165) is 12.8 Å². The van der Waals surface area contributed by atoms with Crippen LogP contribution in [0.15, 0.2) is 36.4 Å². The van der Waals surface area contributed by atoms with Crippen molar-refractivity contribution in [1.82, 2.24) is 4.57 Å². The second kappa shape index (κ2) is 7.05. The van der Waals surface area contributed by atoms with Gasteiger partial charge in [0.05, 0.1) is 0 Å². The summed E-state index contributed by atoms with van der Waals surface area (Å²) in [6.07, 6.45) is 6.50. The molecule has 1 heteroatoms. The van der Waals surface area contributed by atoms with E-state index in [-0.39, 0.29) is 0 Å². The molecule has 0 saturated carbocycles. The van der Waals surface area contributed by atoms with Gasteiger partial charge in [0.25, 0.3) is 0 Å². The minimum absolute atomic E-state index is 1.04. The van der Waals surface area contributed by atoms with Gasteiger partial charge in [0, 0.05) is 23.6 Å². The fourth-order valence-electron chi connectivity index (χ4n) is 2.44. The van der Waals surface area contributed by atoms with Crippen molar-refractivity contribution in [2.24, 2.45) is 7.05 Å². The van der Waals surface area contributed by atoms with Crippen LogP contribution in [0.5, 0.6) is 0 Å². The smallest absolute Gasteiger partial charge is 0.0482 e. The summed E-state index contributed by atoms with van der Waals surface area (Å²) in [6, 6.07) is 8.67. The number of aryl methyl sites for hydroxylation is 1. The zero-order valence-electron chi connectivity index (χ0n) is 12.3. The first kappa shape index (κ1) is 14.6. The minimum Gasteiger partial charge on any atom is -0.347 e. The first-order chi connectivity index (χ1) is 8.79. The van der Waals surface area contributed by atoms with Crippen LogP contribution in [-0.2, 0) is 19.9 Å². The lowest BCUT2D eigenvalue weighted by Gasteiger charge is -2.02. The van der Waals surface area contributed by atoms with E-state index in [9.17, 15) is 0 Å². The second-order valence-electron chi connectivity index (χ2n) is 4.13. The molecular weight excluding hydrogens is 218 g/mol. The lowest BCUT2D eigenvalue weighted by molar-refractivity contribution is 0.851. The average Bonchev–Trinajstić information content (AvgIpc) is 2.71. The Hall–Kier alpha value is -1.50. The van der Waals surface area contributed by atoms with E-state index in [1.165, 1.54) is 22.2 Å². The van der Waals surface area contributed by atoms with Gasteiger partial charge in [-0.1, -0.05) is 51.1 Å². The predicted octanol–water partition coefficient (Wildman–Crippen LogP) is 4.89. The third-order valence-corrected chi connectivity index (χ3v) is 3.24. The molecule has 1 heterocycles. The van der Waals surface area contributed by atoms with Crippen molar-refractivity contribution in [3.63, 3.8) is 0 Å². The Morgan fingerprint density at radius 1 is 1.17 bits per heavy atom. The van der Waals surface area contributed by atoms with Gasteiger partial charge >= 0.3 is 0 Å². The summed E-state index contributed by atoms with van der Waals surface area (Å²) in [7, 11) is 2.17. The number of rotatable bonds is 3. The summed E-state index contributed by atoms with van der Waals surface area (Å²) >= 11 is 0. The number of allylic oxidation sites excluding steroid dienone is 2. The molecule has 1 nitrogen and oxygen atoms in total. The second-order valence-corrected chi connectivity index (χ2v) is 4.13. The van der Waals surface area contributed by atoms with Gasteiger partial charge in [-0.2, -0.15) is 0 Å². The highest BCUT2D eigenvalue weighted by atomic mass is 14.9. The molecule has 0 atom stereocenters. The van der Waals surface area contributed by atoms with E-state index < -0.39 is 0 Å². The monoisotopic (exact) mass is 243 g/mol. The predicted molar refractivity (Wildman–Crippen MR) is 82.2 cm³/mol. The van der Waals surface area contributed by atoms with Crippen molar-refractivity contribution in [3.8, 4) is 0 Å². The molecule has 0 N–H and O–H groups in total. The average molecular weight is 243 g/mol. The van der Waals surface area contributed by atoms with E-state index >= 15 is 0 Å². The first-order valence-corrected chi connectivity index (χ1v) is 6.95. The number of hydrogen-bond acceptors (Lipinski definition) is 0. The van der Waals surface area contributed by atoms with E-state index in [2.05, 4.69) is 61.9 Å². The number of fused-ring (bicyclic) bond motifs is 1. The zero-order chi connectivity index (χ0) is 13.5. The molecule has 0 saturated heterocycles. The van der Waals surface area contributed by atoms with Crippen molar-refractivity contribution < 1.29 is 0 Å². The third-order valence-electron chi connectivity index (χ3n) is 3.24. The lowest BCUT2D eigenvalue weighted by Crippen LogP contribution is -1.96. The Balaban J connectivity index is 0.000000771. The highest BCUT2D eigenvalue weighted by Gasteiger charge is 2.11. The van der Waals surface area contributed by atoms with E-state index in [4.69, 9.17) is 0 Å². The van der Waals surface area contributed by atoms with Gasteiger partial charge in [0.2, 0.25) is 0 Å². The first-order valence-electron chi connectivity index (χ1n) is 6.95. The Labute approximate surface area is 111 Å². The summed E-state index contributed by atoms with van der Waals surface area (Å²) in [5.41, 5.74) is 4.29. The number of aromatic nitrogens is 1. The van der Waals surface area contributed by atoms with Crippen LogP contribution in [0, 0.1) is 0 Å². The van der Waals surface area contributed by atoms with Crippen molar-refractivity contribution in [3.05, 3.63) is 47.7 Å². The topological polar surface area (TPSA) is 4.93 Å². The number of hydrogen-bond donors (Lipinski definition) is 0. The molecule has 0 spiro atoms. The molecule has 2 aromatic rings. The Bertz CT molecular complexity index is 518. The van der Waals surface area contributed by atoms with Gasteiger partial charge < -0.3 is 4.57 Å². The maximum absolute atomic E-state index is 2.33. The molecule has 0 bridgehead atoms. The molecule has 1 aromatic heterocycles. The molecule has 18 heavy (non-hydrogen) atoms. The fourth-order valence-corrected chi connectivity index (χ4v) is 2.44. The van der Waals surface area contributed by atoms with Crippen molar-refractivity contribution in [2.75, 3.05) is 0 Å². The quantitative estimate of drug-likeness (QED) is 0.677. The summed E-state index contributed by atoms with van der Waals surface area (Å²) < 4.78 is 2.33. The Morgan fingerprint density at radius 2 is 1.83 bits per heavy atom. The van der Waals surface area contributed by atoms with E-state index in [1.54, 1.807) is 0 Å². The molecule has 1 aromatic carbocycles. The maximum atomic E-state index is 2.33. The lowest BCUT2D eigenvalue weighted by atomic mass is 10.1. The standard InChI is InChI=1S/C15H19N.C2H6/c1-4-6-9-12-13-10-7-8-11-15(13)16(3)14(12)5-2;1-2/h4,6-8,10-11H,5,9H2,1-3H3;1-2H3/b6-4-;. The van der Waals surface area contributed by atoms with Crippen molar-refractivity contribution in [2.45, 2.75) is 40.5 Å². The van der Waals surface area contributed by atoms with Gasteiger partial charge in [0.1, 0.15) is 0 Å². The molecule has 0 aliphatic rings. The normalized spacial score (nSPS) is 10.7. The molecule has 0 aliphatic heterocycles. The van der Waals surface area contributed by atoms with Gasteiger partial charge in [-0.15, -0.1) is 0 Å². The van der Waals surface area contributed by atoms with Gasteiger partial charge in [-0.3, -0.25) is 0 Å². The molecule has 98 valence electrons. The van der Waals surface area contributed by atoms with Crippen LogP contribution < -0.4 is 0 Å². The summed E-state index contributed by atoms with van der Waals surface area (Å²) in [5, 5.41) is 1.40. The third kappa shape index (κ3) is 2.66. The number of nitrogens with zero attached hydrogens (tertiary/aromatic N) is 1. The van der Waals surface area contributed by atoms with Crippen LogP contribution in [0.25, 0.3) is 10.9 Å². The van der Waals surface area contributed by atoms with Crippen LogP contribution >= 0.6 is 0 Å². The minimum atomic E-state index is 1.04. The molecule has 0 aliphatic carbocycles. The molecule has 0 radical (unpaired) electrons. The summed E-state index contributed by atoms with van der Waals surface area (Å²) in [5.74, 6) is 0. The number of benzene rings is 1. The molecule has 2 rings (SSSR count). The fraction of sp³-hybridized carbons (Fsp3) is 0.412. The van der Waals surface area contributed by atoms with Gasteiger partial charge in [-0.25, -0.2) is 0 Å². The van der Waals surface area contributed by atoms with Gasteiger partial charge in [0.15, 0.2) is 0 Å². The molecule has 0 fully saturated rings. The Morgan fingerprint density at radius 3 is 2.44 bits per heavy atom. The molecular formula is C17H25N. The van der Waals surface area contributed by atoms with Crippen LogP contribution in [0.1, 0.15) is 39.0 Å². The van der Waals surface area contributed by atoms with Crippen LogP contribution in [0.3, 0.4) is 0 Å². The molecule has 0 unspecified atom stereocenters. The SMILES string of the molecule is C/C=C\Cc1c(CC)n(C)c2ccccc12.CC. The summed E-state index contributed by atoms with van der Waals surface area (Å²) in [4.78, 5) is 0. The van der Waals surface area contributed by atoms with E-state index in [1.807, 2.05) is 13.8 Å². The summed E-state index contributed by atoms with van der Waals surface area (Å²) in [6.45, 7) is 8.31. The number of para-hydroxylation sites is 1. The highest BCUT2D eigenvalue weighted by molar-refractivity contribution is 5.85. The van der Waals surface area contributed by atoms with Crippen LogP contribution in [0.4, 0.5) is 0 Å². The van der Waals surface area contributed by atoms with Crippen LogP contribution in [0.2, 0.25) is 0 Å². The van der Waals surface area contributed by atoms with Crippen molar-refractivity contribution in [1.29, 1.82) is 0 Å². The zero-order valence-corrected chi connectivity index (χ0v) is 12.3. The van der Waals surface area contributed by atoms with Crippen molar-refractivity contribution >= 4 is 10.9 Å². The van der Waals surface area contributed by atoms with Gasteiger partial charge in [-0.05, 0) is 31.4 Å². The van der Waals surface area contributed by atoms with Crippen LogP contribution in [-0.4, -0.2) is 4.57 Å². The highest BCUT2D eigenvalue weighted by Crippen LogP contribution is 2.26. The maximum Gasteiger partial charge on any atom is 0.0482 e.